The van der Waals surface area contributed by atoms with Crippen LogP contribution in [0.2, 0.25) is 0 Å². The van der Waals surface area contributed by atoms with E-state index in [1.54, 1.807) is 0 Å². The molecule has 0 rings (SSSR count). The molecule has 0 bridgehead atoms. The fourth-order valence-electron chi connectivity index (χ4n) is 7.76. The molecule has 6 heteroatoms. The first kappa shape index (κ1) is 63.5. The molecule has 0 aliphatic heterocycles. The smallest absolute Gasteiger partial charge is 0.306 e. The molecule has 0 saturated heterocycles. The molecule has 382 valence electrons. The summed E-state index contributed by atoms with van der Waals surface area (Å²) < 4.78 is 5.88. The Hall–Kier alpha value is -3.48. The topological polar surface area (TPSA) is 95.9 Å². The minimum absolute atomic E-state index is 0.0150. The lowest BCUT2D eigenvalue weighted by Gasteiger charge is -2.24. The second-order valence-corrected chi connectivity index (χ2v) is 18.2. The van der Waals surface area contributed by atoms with Crippen LogP contribution in [0, 0.1) is 0 Å². The van der Waals surface area contributed by atoms with Crippen molar-refractivity contribution < 1.29 is 24.5 Å². The van der Waals surface area contributed by atoms with Gasteiger partial charge in [0.1, 0.15) is 6.10 Å². The molecule has 0 saturated carbocycles. The van der Waals surface area contributed by atoms with E-state index in [1.807, 2.05) is 6.08 Å². The van der Waals surface area contributed by atoms with E-state index in [4.69, 9.17) is 4.74 Å². The van der Waals surface area contributed by atoms with E-state index in [0.29, 0.717) is 19.3 Å². The van der Waals surface area contributed by atoms with E-state index in [1.165, 1.54) is 89.9 Å². The van der Waals surface area contributed by atoms with Crippen LogP contribution < -0.4 is 5.32 Å². The van der Waals surface area contributed by atoms with Crippen LogP contribution in [0.25, 0.3) is 0 Å². The van der Waals surface area contributed by atoms with Crippen LogP contribution in [0.3, 0.4) is 0 Å². The molecule has 0 spiro atoms. The van der Waals surface area contributed by atoms with Crippen molar-refractivity contribution in [3.05, 3.63) is 109 Å². The highest BCUT2D eigenvalue weighted by atomic mass is 16.5. The van der Waals surface area contributed by atoms with Crippen molar-refractivity contribution in [1.29, 1.82) is 0 Å². The van der Waals surface area contributed by atoms with Gasteiger partial charge in [0.05, 0.1) is 25.2 Å². The monoisotopic (exact) mass is 930 g/mol. The molecule has 1 amide bonds. The minimum atomic E-state index is -0.817. The Morgan fingerprint density at radius 1 is 0.448 bits per heavy atom. The molecule has 67 heavy (non-hydrogen) atoms. The molecule has 3 atom stereocenters. The highest BCUT2D eigenvalue weighted by Crippen LogP contribution is 2.17. The number of carbonyl (C=O) groups excluding carboxylic acids is 2. The number of hydrogen-bond donors (Lipinski definition) is 3. The van der Waals surface area contributed by atoms with Gasteiger partial charge in [-0.3, -0.25) is 9.59 Å². The van der Waals surface area contributed by atoms with E-state index >= 15 is 0 Å². The number of aliphatic hydroxyl groups excluding tert-OH is 2. The second-order valence-electron chi connectivity index (χ2n) is 18.2. The van der Waals surface area contributed by atoms with E-state index < -0.39 is 18.2 Å². The minimum Gasteiger partial charge on any atom is -0.462 e. The summed E-state index contributed by atoms with van der Waals surface area (Å²) in [6.45, 7) is 6.23. The fourth-order valence-corrected chi connectivity index (χ4v) is 7.76. The average Bonchev–Trinajstić information content (AvgIpc) is 3.32. The molecule has 0 aliphatic carbocycles. The average molecular weight is 930 g/mol. The van der Waals surface area contributed by atoms with E-state index in [9.17, 15) is 19.8 Å². The molecule has 0 aliphatic rings. The Balaban J connectivity index is 4.66. The van der Waals surface area contributed by atoms with Gasteiger partial charge >= 0.3 is 5.97 Å². The lowest BCUT2D eigenvalue weighted by atomic mass is 10.0. The van der Waals surface area contributed by atoms with Gasteiger partial charge in [0.15, 0.2) is 0 Å². The first-order valence-electron chi connectivity index (χ1n) is 27.6. The molecule has 0 aromatic carbocycles. The third-order valence-corrected chi connectivity index (χ3v) is 11.9. The summed E-state index contributed by atoms with van der Waals surface area (Å²) in [4.78, 5) is 26.2. The van der Waals surface area contributed by atoms with Crippen molar-refractivity contribution in [1.82, 2.24) is 5.32 Å². The number of esters is 1. The number of hydrogen-bond acceptors (Lipinski definition) is 5. The molecule has 0 aromatic heterocycles. The first-order valence-corrected chi connectivity index (χ1v) is 27.6. The largest absolute Gasteiger partial charge is 0.462 e. The summed E-state index contributed by atoms with van der Waals surface area (Å²) in [6, 6.07) is -0.736. The van der Waals surface area contributed by atoms with E-state index in [2.05, 4.69) is 129 Å². The Kier molecular flexibility index (Phi) is 50.7. The number of aliphatic hydroxyl groups is 2. The molecule has 6 nitrogen and oxygen atoms in total. The maximum absolute atomic E-state index is 13.2. The molecule has 3 N–H and O–H groups in total. The van der Waals surface area contributed by atoms with Gasteiger partial charge in [-0.15, -0.1) is 0 Å². The van der Waals surface area contributed by atoms with Gasteiger partial charge in [0.2, 0.25) is 5.91 Å². The van der Waals surface area contributed by atoms with Crippen molar-refractivity contribution in [3.63, 3.8) is 0 Å². The number of amides is 1. The van der Waals surface area contributed by atoms with Gasteiger partial charge in [-0.1, -0.05) is 239 Å². The maximum Gasteiger partial charge on any atom is 0.306 e. The Morgan fingerprint density at radius 3 is 1.21 bits per heavy atom. The third kappa shape index (κ3) is 48.8. The standard InChI is InChI=1S/C61H103NO5/c1-4-7-10-13-16-19-22-25-27-29-30-32-34-36-39-42-45-48-51-54-61(66)67-57(52-49-46-43-40-37-24-21-18-15-12-9-6-3)55-60(65)62-58(56-63)59(64)53-50-47-44-41-38-35-33-31-28-26-23-20-17-14-11-8-5-2/h7,9-10,12,16,18-19,21,25,27,30,32,36-37,39-40,45,48,57-59,63-64H,4-6,8,11,13-15,17,20,22-24,26,28-29,31,33-35,38,41-44,46-47,49-56H2,1-3H3,(H,62,65)/b10-7-,12-9+,19-16-,21-18+,27-25-,32-30-,39-36-,40-37+,48-45-. The van der Waals surface area contributed by atoms with Gasteiger partial charge in [-0.05, 0) is 96.3 Å². The second kappa shape index (κ2) is 53.5. The molecule has 0 radical (unpaired) electrons. The van der Waals surface area contributed by atoms with E-state index in [0.717, 1.165) is 96.3 Å². The van der Waals surface area contributed by atoms with Crippen LogP contribution in [0.4, 0.5) is 0 Å². The van der Waals surface area contributed by atoms with Gasteiger partial charge in [-0.25, -0.2) is 0 Å². The fraction of sp³-hybridized carbons (Fsp3) is 0.672. The van der Waals surface area contributed by atoms with Crippen LogP contribution in [0.15, 0.2) is 109 Å². The molecular weight excluding hydrogens is 827 g/mol. The number of allylic oxidation sites excluding steroid dienone is 18. The third-order valence-electron chi connectivity index (χ3n) is 11.9. The van der Waals surface area contributed by atoms with Crippen molar-refractivity contribution in [2.24, 2.45) is 0 Å². The number of carbonyl (C=O) groups is 2. The summed E-state index contributed by atoms with van der Waals surface area (Å²) >= 11 is 0. The Labute approximate surface area is 413 Å². The summed E-state index contributed by atoms with van der Waals surface area (Å²) in [6.07, 6.45) is 73.1. The number of ether oxygens (including phenoxy) is 1. The van der Waals surface area contributed by atoms with Crippen LogP contribution in [0.1, 0.15) is 239 Å². The van der Waals surface area contributed by atoms with Crippen LogP contribution in [0.5, 0.6) is 0 Å². The Bertz CT molecular complexity index is 1370. The molecular formula is C61H103NO5. The van der Waals surface area contributed by atoms with E-state index in [-0.39, 0.29) is 31.3 Å². The number of nitrogens with one attached hydrogen (secondary N) is 1. The predicted octanol–water partition coefficient (Wildman–Crippen LogP) is 17.1. The van der Waals surface area contributed by atoms with Gasteiger partial charge < -0.3 is 20.3 Å². The zero-order valence-electron chi connectivity index (χ0n) is 43.5. The summed E-state index contributed by atoms with van der Waals surface area (Å²) in [5, 5.41) is 23.8. The number of unbranched alkanes of at least 4 members (excludes halogenated alkanes) is 18. The van der Waals surface area contributed by atoms with Gasteiger partial charge in [0, 0.05) is 6.42 Å². The Morgan fingerprint density at radius 2 is 0.806 bits per heavy atom. The van der Waals surface area contributed by atoms with Gasteiger partial charge in [-0.2, -0.15) is 0 Å². The molecule has 0 aromatic rings. The van der Waals surface area contributed by atoms with Crippen molar-refractivity contribution in [3.8, 4) is 0 Å². The molecule has 0 fully saturated rings. The van der Waals surface area contributed by atoms with Crippen molar-refractivity contribution in [2.75, 3.05) is 6.61 Å². The maximum atomic E-state index is 13.2. The highest BCUT2D eigenvalue weighted by molar-refractivity contribution is 5.77. The summed E-state index contributed by atoms with van der Waals surface area (Å²) in [5.41, 5.74) is 0. The lowest BCUT2D eigenvalue weighted by molar-refractivity contribution is -0.150. The van der Waals surface area contributed by atoms with Crippen molar-refractivity contribution in [2.45, 2.75) is 257 Å². The zero-order chi connectivity index (χ0) is 48.8. The van der Waals surface area contributed by atoms with Crippen LogP contribution in [-0.2, 0) is 14.3 Å². The predicted molar refractivity (Wildman–Crippen MR) is 291 cm³/mol. The van der Waals surface area contributed by atoms with Crippen LogP contribution in [-0.4, -0.2) is 46.9 Å². The molecule has 0 heterocycles. The normalized spacial score (nSPS) is 14.0. The van der Waals surface area contributed by atoms with Crippen molar-refractivity contribution >= 4 is 11.9 Å². The lowest BCUT2D eigenvalue weighted by Crippen LogP contribution is -2.46. The number of rotatable bonds is 48. The quantitative estimate of drug-likeness (QED) is 0.0321. The highest BCUT2D eigenvalue weighted by Gasteiger charge is 2.24. The van der Waals surface area contributed by atoms with Gasteiger partial charge in [0.25, 0.3) is 0 Å². The summed E-state index contributed by atoms with van der Waals surface area (Å²) in [7, 11) is 0. The zero-order valence-corrected chi connectivity index (χ0v) is 43.5. The SMILES string of the molecule is CC/C=C\C/C=C\C/C=C\C/C=C\C/C=C\C/C=C\CCC(=O)OC(CCCC/C=C/C/C=C/C/C=C/CC)CC(=O)NC(CO)C(O)CCCCCCCCCCCCCCCCCCC. The van der Waals surface area contributed by atoms with Crippen LogP contribution >= 0.6 is 0 Å². The summed E-state index contributed by atoms with van der Waals surface area (Å²) in [5.74, 6) is -0.619. The first-order chi connectivity index (χ1) is 33.0. The molecule has 3 unspecified atom stereocenters.